The zero-order valence-corrected chi connectivity index (χ0v) is 9.92. The van der Waals surface area contributed by atoms with Gasteiger partial charge in [0.15, 0.2) is 0 Å². The van der Waals surface area contributed by atoms with Crippen LogP contribution in [0.2, 0.25) is 0 Å². The van der Waals surface area contributed by atoms with Crippen molar-refractivity contribution in [3.63, 3.8) is 0 Å². The number of hydrogen-bond donors (Lipinski definition) is 1. The van der Waals surface area contributed by atoms with Crippen LogP contribution in [0, 0.1) is 0 Å². The quantitative estimate of drug-likeness (QED) is 0.680. The van der Waals surface area contributed by atoms with Crippen LogP contribution in [0.15, 0.2) is 0 Å². The molecule has 2 heteroatoms. The molecule has 0 bridgehead atoms. The van der Waals surface area contributed by atoms with Gasteiger partial charge >= 0.3 is 0 Å². The van der Waals surface area contributed by atoms with E-state index in [9.17, 15) is 5.11 Å². The topological polar surface area (TPSA) is 23.5 Å². The van der Waals surface area contributed by atoms with Gasteiger partial charge in [0, 0.05) is 12.6 Å². The number of rotatable bonds is 7. The minimum absolute atomic E-state index is 0.490. The maximum atomic E-state index is 10.0. The zero-order chi connectivity index (χ0) is 10.6. The van der Waals surface area contributed by atoms with Crippen LogP contribution in [0.4, 0.5) is 0 Å². The molecule has 0 aliphatic heterocycles. The number of unbranched alkanes of at least 4 members (excludes halogenated alkanes) is 1. The average molecular weight is 199 g/mol. The molecule has 2 nitrogen and oxygen atoms in total. The second-order valence-corrected chi connectivity index (χ2v) is 4.91. The Bertz CT molecular complexity index is 164. The lowest BCUT2D eigenvalue weighted by Gasteiger charge is -2.31. The van der Waals surface area contributed by atoms with Gasteiger partial charge in [-0.2, -0.15) is 0 Å². The summed E-state index contributed by atoms with van der Waals surface area (Å²) >= 11 is 0. The van der Waals surface area contributed by atoms with Gasteiger partial charge in [-0.15, -0.1) is 0 Å². The van der Waals surface area contributed by atoms with Gasteiger partial charge in [0.05, 0.1) is 5.60 Å². The van der Waals surface area contributed by atoms with Crippen LogP contribution in [0.1, 0.15) is 52.9 Å². The van der Waals surface area contributed by atoms with Crippen molar-refractivity contribution >= 4 is 0 Å². The molecule has 0 aromatic rings. The lowest BCUT2D eigenvalue weighted by Crippen LogP contribution is -2.42. The molecule has 1 rings (SSSR count). The summed E-state index contributed by atoms with van der Waals surface area (Å²) in [7, 11) is 0. The maximum absolute atomic E-state index is 10.0. The lowest BCUT2D eigenvalue weighted by molar-refractivity contribution is 0.0134. The van der Waals surface area contributed by atoms with E-state index in [-0.39, 0.29) is 0 Å². The van der Waals surface area contributed by atoms with E-state index in [0.717, 1.165) is 25.6 Å². The molecule has 0 saturated heterocycles. The Labute approximate surface area is 88.3 Å². The van der Waals surface area contributed by atoms with Crippen LogP contribution in [0.25, 0.3) is 0 Å². The van der Waals surface area contributed by atoms with Crippen molar-refractivity contribution in [2.24, 2.45) is 0 Å². The maximum Gasteiger partial charge on any atom is 0.0743 e. The molecule has 1 unspecified atom stereocenters. The molecule has 84 valence electrons. The molecule has 0 aromatic carbocycles. The Balaban J connectivity index is 2.34. The Morgan fingerprint density at radius 3 is 2.43 bits per heavy atom. The van der Waals surface area contributed by atoms with E-state index in [4.69, 9.17) is 0 Å². The number of nitrogens with zero attached hydrogens (tertiary/aromatic N) is 1. The fraction of sp³-hybridized carbons (Fsp3) is 1.00. The van der Waals surface area contributed by atoms with Gasteiger partial charge in [0.2, 0.25) is 0 Å². The molecule has 1 aliphatic carbocycles. The highest BCUT2D eigenvalue weighted by Gasteiger charge is 2.32. The van der Waals surface area contributed by atoms with E-state index >= 15 is 0 Å². The van der Waals surface area contributed by atoms with Crippen LogP contribution in [-0.4, -0.2) is 34.7 Å². The van der Waals surface area contributed by atoms with Crippen molar-refractivity contribution in [2.75, 3.05) is 13.1 Å². The summed E-state index contributed by atoms with van der Waals surface area (Å²) in [5.74, 6) is 0. The van der Waals surface area contributed by atoms with Gasteiger partial charge in [-0.05, 0) is 39.2 Å². The lowest BCUT2D eigenvalue weighted by atomic mass is 10.0. The first kappa shape index (κ1) is 12.0. The van der Waals surface area contributed by atoms with Crippen molar-refractivity contribution in [2.45, 2.75) is 64.5 Å². The first-order valence-corrected chi connectivity index (χ1v) is 6.05. The second-order valence-electron chi connectivity index (χ2n) is 4.91. The van der Waals surface area contributed by atoms with E-state index in [2.05, 4.69) is 18.7 Å². The minimum Gasteiger partial charge on any atom is -0.389 e. The van der Waals surface area contributed by atoms with Crippen molar-refractivity contribution in [1.29, 1.82) is 0 Å². The molecule has 1 fully saturated rings. The van der Waals surface area contributed by atoms with Crippen molar-refractivity contribution in [1.82, 2.24) is 4.90 Å². The van der Waals surface area contributed by atoms with Gasteiger partial charge in [0.1, 0.15) is 0 Å². The molecule has 14 heavy (non-hydrogen) atoms. The summed E-state index contributed by atoms with van der Waals surface area (Å²) < 4.78 is 0. The summed E-state index contributed by atoms with van der Waals surface area (Å²) in [5.41, 5.74) is -0.490. The Morgan fingerprint density at radius 1 is 1.36 bits per heavy atom. The molecule has 0 heterocycles. The predicted molar refractivity (Wildman–Crippen MR) is 60.4 cm³/mol. The van der Waals surface area contributed by atoms with Crippen LogP contribution in [0.3, 0.4) is 0 Å². The molecule has 0 amide bonds. The van der Waals surface area contributed by atoms with E-state index in [1.54, 1.807) is 0 Å². The number of hydrogen-bond acceptors (Lipinski definition) is 2. The van der Waals surface area contributed by atoms with Crippen LogP contribution >= 0.6 is 0 Å². The third kappa shape index (κ3) is 3.97. The van der Waals surface area contributed by atoms with E-state index in [1.165, 1.54) is 25.7 Å². The summed E-state index contributed by atoms with van der Waals surface area (Å²) in [6.45, 7) is 8.26. The summed E-state index contributed by atoms with van der Waals surface area (Å²) in [4.78, 5) is 2.48. The van der Waals surface area contributed by atoms with E-state index in [1.807, 2.05) is 6.92 Å². The largest absolute Gasteiger partial charge is 0.389 e. The van der Waals surface area contributed by atoms with Gasteiger partial charge in [-0.3, -0.25) is 4.90 Å². The van der Waals surface area contributed by atoms with Crippen molar-refractivity contribution in [3.8, 4) is 0 Å². The van der Waals surface area contributed by atoms with Gasteiger partial charge < -0.3 is 5.11 Å². The highest BCUT2D eigenvalue weighted by atomic mass is 16.3. The highest BCUT2D eigenvalue weighted by molar-refractivity contribution is 4.88. The van der Waals surface area contributed by atoms with Crippen LogP contribution in [-0.2, 0) is 0 Å². The fourth-order valence-electron chi connectivity index (χ4n) is 1.74. The molecule has 1 saturated carbocycles. The Kier molecular flexibility index (Phi) is 4.39. The van der Waals surface area contributed by atoms with E-state index < -0.39 is 5.60 Å². The molecular formula is C12H25NO. The summed E-state index contributed by atoms with van der Waals surface area (Å²) in [6, 6.07) is 0.777. The highest BCUT2D eigenvalue weighted by Crippen LogP contribution is 2.28. The minimum atomic E-state index is -0.490. The normalized spacial score (nSPS) is 21.2. The van der Waals surface area contributed by atoms with E-state index in [0.29, 0.717) is 0 Å². The molecular weight excluding hydrogens is 174 g/mol. The van der Waals surface area contributed by atoms with Crippen molar-refractivity contribution < 1.29 is 5.11 Å². The second kappa shape index (κ2) is 5.13. The molecule has 1 aliphatic rings. The third-order valence-corrected chi connectivity index (χ3v) is 3.17. The summed E-state index contributed by atoms with van der Waals surface area (Å²) in [5, 5.41) is 10.0. The monoisotopic (exact) mass is 199 g/mol. The van der Waals surface area contributed by atoms with Gasteiger partial charge in [0.25, 0.3) is 0 Å². The molecule has 1 N–H and O–H groups in total. The fourth-order valence-corrected chi connectivity index (χ4v) is 1.74. The van der Waals surface area contributed by atoms with Crippen molar-refractivity contribution in [3.05, 3.63) is 0 Å². The number of aliphatic hydroxyl groups is 1. The standard InChI is InChI=1S/C12H25NO/c1-4-6-9-13(11-7-8-11)10-12(3,14)5-2/h11,14H,4-10H2,1-3H3. The van der Waals surface area contributed by atoms with Crippen LogP contribution in [0.5, 0.6) is 0 Å². The third-order valence-electron chi connectivity index (χ3n) is 3.17. The average Bonchev–Trinajstić information content (AvgIpc) is 2.95. The van der Waals surface area contributed by atoms with Gasteiger partial charge in [-0.25, -0.2) is 0 Å². The Hall–Kier alpha value is -0.0800. The zero-order valence-electron chi connectivity index (χ0n) is 9.92. The Morgan fingerprint density at radius 2 is 2.00 bits per heavy atom. The predicted octanol–water partition coefficient (Wildman–Crippen LogP) is 2.41. The molecule has 0 spiro atoms. The molecule has 1 atom stereocenters. The van der Waals surface area contributed by atoms with Crippen LogP contribution < -0.4 is 0 Å². The van der Waals surface area contributed by atoms with Gasteiger partial charge in [-0.1, -0.05) is 20.3 Å². The smallest absolute Gasteiger partial charge is 0.0743 e. The summed E-state index contributed by atoms with van der Waals surface area (Å²) in [6.07, 6.45) is 6.03. The molecule has 0 aromatic heterocycles. The first-order chi connectivity index (χ1) is 6.59. The molecule has 0 radical (unpaired) electrons. The SMILES string of the molecule is CCCCN(CC(C)(O)CC)C1CC1. The first-order valence-electron chi connectivity index (χ1n) is 6.05.